The topological polar surface area (TPSA) is 116 Å². The zero-order valence-electron chi connectivity index (χ0n) is 20.2. The first-order chi connectivity index (χ1) is 16.8. The summed E-state index contributed by atoms with van der Waals surface area (Å²) in [7, 11) is 0. The number of hydrazine groups is 1. The second kappa shape index (κ2) is 12.0. The number of carboxylic acids is 1. The number of carbonyl (C=O) groups excluding carboxylic acids is 1. The first-order valence-electron chi connectivity index (χ1n) is 11.8. The molecule has 0 aromatic heterocycles. The molecule has 0 unspecified atom stereocenters. The highest BCUT2D eigenvalue weighted by atomic mass is 16.4. The van der Waals surface area contributed by atoms with Gasteiger partial charge in [-0.2, -0.15) is 0 Å². The lowest BCUT2D eigenvalue weighted by molar-refractivity contribution is -0.137. The van der Waals surface area contributed by atoms with E-state index >= 15 is 0 Å². The number of rotatable bonds is 11. The third-order valence-electron chi connectivity index (χ3n) is 5.97. The second-order valence-electron chi connectivity index (χ2n) is 8.85. The van der Waals surface area contributed by atoms with Gasteiger partial charge in [0.25, 0.3) is 5.91 Å². The Hall–Kier alpha value is -3.84. The number of aryl methyl sites for hydroxylation is 2. The molecule has 0 radical (unpaired) electrons. The van der Waals surface area contributed by atoms with Crippen LogP contribution in [0.25, 0.3) is 10.8 Å². The van der Waals surface area contributed by atoms with Gasteiger partial charge in [-0.05, 0) is 53.1 Å². The molecule has 0 saturated carbocycles. The number of hydrogen-bond acceptors (Lipinski definition) is 5. The molecule has 0 aliphatic carbocycles. The summed E-state index contributed by atoms with van der Waals surface area (Å²) in [6.07, 6.45) is 3.22. The number of nitrogens with two attached hydrogens (primary N) is 1. The van der Waals surface area contributed by atoms with E-state index in [2.05, 4.69) is 29.6 Å². The van der Waals surface area contributed by atoms with Gasteiger partial charge in [0, 0.05) is 24.7 Å². The van der Waals surface area contributed by atoms with Crippen LogP contribution in [-0.2, 0) is 22.4 Å². The van der Waals surface area contributed by atoms with Crippen molar-refractivity contribution in [2.75, 3.05) is 11.9 Å². The minimum Gasteiger partial charge on any atom is -0.505 e. The lowest BCUT2D eigenvalue weighted by atomic mass is 9.98. The van der Waals surface area contributed by atoms with Crippen LogP contribution in [0.2, 0.25) is 0 Å². The number of nitrogens with zero attached hydrogens (tertiary/aromatic N) is 1. The van der Waals surface area contributed by atoms with Crippen molar-refractivity contribution in [1.29, 1.82) is 0 Å². The summed E-state index contributed by atoms with van der Waals surface area (Å²) >= 11 is 0. The van der Waals surface area contributed by atoms with Crippen LogP contribution >= 0.6 is 0 Å². The summed E-state index contributed by atoms with van der Waals surface area (Å²) in [5.41, 5.74) is 2.96. The van der Waals surface area contributed by atoms with E-state index in [1.165, 1.54) is 16.3 Å². The van der Waals surface area contributed by atoms with Gasteiger partial charge >= 0.3 is 5.97 Å². The molecule has 5 N–H and O–H groups in total. The normalized spacial score (nSPS) is 11.6. The Balaban J connectivity index is 1.71. The SMILES string of the molecule is CC(C)/C(=C/Nc1cccc(CCc2cccc3ccccc23)c1O)C(=O)N(N)CCCC(=O)O. The van der Waals surface area contributed by atoms with E-state index in [0.717, 1.165) is 17.0 Å². The summed E-state index contributed by atoms with van der Waals surface area (Å²) < 4.78 is 0. The molecule has 0 bridgehead atoms. The molecule has 7 heteroatoms. The van der Waals surface area contributed by atoms with E-state index in [1.807, 2.05) is 44.2 Å². The van der Waals surface area contributed by atoms with Crippen LogP contribution in [0.1, 0.15) is 37.8 Å². The molecule has 7 nitrogen and oxygen atoms in total. The monoisotopic (exact) mass is 475 g/mol. The van der Waals surface area contributed by atoms with Crippen molar-refractivity contribution in [3.05, 3.63) is 83.6 Å². The molecular formula is C28H33N3O4. The van der Waals surface area contributed by atoms with Crippen molar-refractivity contribution >= 4 is 28.3 Å². The molecule has 0 aliphatic heterocycles. The first kappa shape index (κ1) is 25.8. The highest BCUT2D eigenvalue weighted by Gasteiger charge is 2.19. The lowest BCUT2D eigenvalue weighted by Crippen LogP contribution is -2.40. The number of aromatic hydroxyl groups is 1. The number of phenols is 1. The molecule has 3 aromatic carbocycles. The van der Waals surface area contributed by atoms with E-state index in [4.69, 9.17) is 10.9 Å². The summed E-state index contributed by atoms with van der Waals surface area (Å²) in [6, 6.07) is 20.0. The maximum absolute atomic E-state index is 12.8. The molecule has 3 rings (SSSR count). The van der Waals surface area contributed by atoms with Gasteiger partial charge in [0.2, 0.25) is 0 Å². The van der Waals surface area contributed by atoms with Crippen LogP contribution in [0.4, 0.5) is 5.69 Å². The van der Waals surface area contributed by atoms with Gasteiger partial charge in [0.05, 0.1) is 5.69 Å². The van der Waals surface area contributed by atoms with Gasteiger partial charge in [-0.15, -0.1) is 0 Å². The average molecular weight is 476 g/mol. The third kappa shape index (κ3) is 6.83. The molecule has 0 atom stereocenters. The van der Waals surface area contributed by atoms with Crippen molar-refractivity contribution in [3.63, 3.8) is 0 Å². The molecule has 3 aromatic rings. The minimum absolute atomic E-state index is 0.0562. The van der Waals surface area contributed by atoms with Crippen molar-refractivity contribution in [2.45, 2.75) is 39.5 Å². The van der Waals surface area contributed by atoms with E-state index in [1.54, 1.807) is 12.3 Å². The minimum atomic E-state index is -0.928. The summed E-state index contributed by atoms with van der Waals surface area (Å²) in [4.78, 5) is 23.5. The fourth-order valence-electron chi connectivity index (χ4n) is 3.99. The number of nitrogens with one attached hydrogen (secondary N) is 1. The molecule has 0 fully saturated rings. The van der Waals surface area contributed by atoms with Crippen LogP contribution in [0, 0.1) is 5.92 Å². The largest absolute Gasteiger partial charge is 0.505 e. The predicted octanol–water partition coefficient (Wildman–Crippen LogP) is 4.85. The fraction of sp³-hybridized carbons (Fsp3) is 0.286. The molecule has 0 spiro atoms. The van der Waals surface area contributed by atoms with Crippen LogP contribution in [0.5, 0.6) is 5.75 Å². The molecule has 184 valence electrons. The Kier molecular flexibility index (Phi) is 8.86. The number of para-hydroxylation sites is 1. The van der Waals surface area contributed by atoms with Crippen LogP contribution in [0.3, 0.4) is 0 Å². The zero-order chi connectivity index (χ0) is 25.4. The van der Waals surface area contributed by atoms with Gasteiger partial charge in [-0.25, -0.2) is 5.84 Å². The van der Waals surface area contributed by atoms with Gasteiger partial charge < -0.3 is 15.5 Å². The third-order valence-corrected chi connectivity index (χ3v) is 5.97. The number of amides is 1. The Morgan fingerprint density at radius 1 is 1.00 bits per heavy atom. The van der Waals surface area contributed by atoms with E-state index in [-0.39, 0.29) is 37.0 Å². The standard InChI is InChI=1S/C28H33N3O4/c1-19(2)24(28(35)31(29)17-7-14-26(32)33)18-30-25-13-6-11-22(27(25)34)16-15-21-10-5-9-20-8-3-4-12-23(20)21/h3-6,8-13,18-19,30,34H,7,14-17,29H2,1-2H3,(H,32,33)/b24-18-. The number of benzene rings is 3. The molecule has 1 amide bonds. The highest BCUT2D eigenvalue weighted by Crippen LogP contribution is 2.30. The predicted molar refractivity (Wildman–Crippen MR) is 139 cm³/mol. The molecule has 0 heterocycles. The average Bonchev–Trinajstić information content (AvgIpc) is 2.83. The quantitative estimate of drug-likeness (QED) is 0.104. The van der Waals surface area contributed by atoms with Crippen molar-refractivity contribution < 1.29 is 19.8 Å². The molecule has 0 aliphatic rings. The number of hydrogen-bond donors (Lipinski definition) is 4. The van der Waals surface area contributed by atoms with Crippen molar-refractivity contribution in [3.8, 4) is 5.75 Å². The Morgan fingerprint density at radius 3 is 2.40 bits per heavy atom. The fourth-order valence-corrected chi connectivity index (χ4v) is 3.99. The second-order valence-corrected chi connectivity index (χ2v) is 8.85. The van der Waals surface area contributed by atoms with Crippen LogP contribution in [0.15, 0.2) is 72.4 Å². The van der Waals surface area contributed by atoms with Gasteiger partial charge in [-0.3, -0.25) is 14.6 Å². The van der Waals surface area contributed by atoms with E-state index in [9.17, 15) is 14.7 Å². The number of phenolic OH excluding ortho intramolecular Hbond substituents is 1. The smallest absolute Gasteiger partial charge is 0.303 e. The van der Waals surface area contributed by atoms with E-state index in [0.29, 0.717) is 17.7 Å². The van der Waals surface area contributed by atoms with Crippen molar-refractivity contribution in [1.82, 2.24) is 5.01 Å². The number of carbonyl (C=O) groups is 2. The zero-order valence-corrected chi connectivity index (χ0v) is 20.2. The molecule has 0 saturated heterocycles. The highest BCUT2D eigenvalue weighted by molar-refractivity contribution is 5.94. The maximum atomic E-state index is 12.8. The number of fused-ring (bicyclic) bond motifs is 1. The van der Waals surface area contributed by atoms with Gasteiger partial charge in [-0.1, -0.05) is 68.4 Å². The molecular weight excluding hydrogens is 442 g/mol. The van der Waals surface area contributed by atoms with E-state index < -0.39 is 5.97 Å². The van der Waals surface area contributed by atoms with Gasteiger partial charge in [0.1, 0.15) is 5.75 Å². The van der Waals surface area contributed by atoms with Crippen LogP contribution in [-0.4, -0.2) is 33.6 Å². The van der Waals surface area contributed by atoms with Crippen molar-refractivity contribution in [2.24, 2.45) is 11.8 Å². The Bertz CT molecular complexity index is 1210. The first-order valence-corrected chi connectivity index (χ1v) is 11.8. The molecule has 35 heavy (non-hydrogen) atoms. The Morgan fingerprint density at radius 2 is 1.66 bits per heavy atom. The summed E-state index contributed by atoms with van der Waals surface area (Å²) in [5.74, 6) is 4.58. The lowest BCUT2D eigenvalue weighted by Gasteiger charge is -2.20. The number of anilines is 1. The summed E-state index contributed by atoms with van der Waals surface area (Å²) in [6.45, 7) is 3.89. The number of carboxylic acid groups (broad SMARTS) is 1. The summed E-state index contributed by atoms with van der Waals surface area (Å²) in [5, 5.41) is 26.2. The maximum Gasteiger partial charge on any atom is 0.303 e. The Labute approximate surface area is 205 Å². The van der Waals surface area contributed by atoms with Gasteiger partial charge in [0.15, 0.2) is 0 Å². The number of aliphatic carboxylic acids is 1. The van der Waals surface area contributed by atoms with Crippen LogP contribution < -0.4 is 11.2 Å².